The summed E-state index contributed by atoms with van der Waals surface area (Å²) in [5, 5.41) is 6.91. The van der Waals surface area contributed by atoms with Crippen LogP contribution in [0.3, 0.4) is 0 Å². The van der Waals surface area contributed by atoms with Crippen LogP contribution in [0, 0.1) is 0 Å². The number of carbonyl (C=O) groups excluding carboxylic acids is 1. The van der Waals surface area contributed by atoms with Gasteiger partial charge < -0.3 is 10.1 Å². The lowest BCUT2D eigenvalue weighted by Crippen LogP contribution is -2.30. The summed E-state index contributed by atoms with van der Waals surface area (Å²) in [4.78, 5) is 11.5. The van der Waals surface area contributed by atoms with E-state index in [9.17, 15) is 4.79 Å². The maximum absolute atomic E-state index is 11.5. The molecular weight excluding hydrogens is 194 g/mol. The monoisotopic (exact) mass is 211 g/mol. The van der Waals surface area contributed by atoms with Crippen molar-refractivity contribution in [2.24, 2.45) is 0 Å². The van der Waals surface area contributed by atoms with Crippen LogP contribution in [0.25, 0.3) is 0 Å². The van der Waals surface area contributed by atoms with Gasteiger partial charge in [0.15, 0.2) is 0 Å². The van der Waals surface area contributed by atoms with Gasteiger partial charge in [-0.2, -0.15) is 5.10 Å². The number of nitrogens with zero attached hydrogens (tertiary/aromatic N) is 2. The molecule has 0 saturated heterocycles. The lowest BCUT2D eigenvalue weighted by Gasteiger charge is -2.05. The minimum Gasteiger partial charge on any atom is -0.383 e. The molecule has 0 fully saturated rings. The highest BCUT2D eigenvalue weighted by Crippen LogP contribution is 1.96. The molecule has 0 bridgehead atoms. The molecule has 1 heterocycles. The van der Waals surface area contributed by atoms with Crippen LogP contribution in [0.2, 0.25) is 0 Å². The van der Waals surface area contributed by atoms with Crippen molar-refractivity contribution in [3.8, 4) is 0 Å². The van der Waals surface area contributed by atoms with E-state index in [0.717, 1.165) is 0 Å². The van der Waals surface area contributed by atoms with Gasteiger partial charge in [0.1, 0.15) is 5.69 Å². The van der Waals surface area contributed by atoms with E-state index in [4.69, 9.17) is 4.74 Å². The summed E-state index contributed by atoms with van der Waals surface area (Å²) in [6.07, 6.45) is 1.77. The Balaban J connectivity index is 2.55. The van der Waals surface area contributed by atoms with Crippen LogP contribution in [0.4, 0.5) is 0 Å². The molecule has 84 valence electrons. The molecule has 0 aliphatic heterocycles. The third-order valence-corrected chi connectivity index (χ3v) is 1.82. The second kappa shape index (κ2) is 5.50. The number of nitrogens with one attached hydrogen (secondary N) is 1. The third kappa shape index (κ3) is 3.71. The number of rotatable bonds is 5. The van der Waals surface area contributed by atoms with E-state index in [-0.39, 0.29) is 11.9 Å². The van der Waals surface area contributed by atoms with Gasteiger partial charge in [-0.25, -0.2) is 0 Å². The van der Waals surface area contributed by atoms with Crippen molar-refractivity contribution in [3.05, 3.63) is 18.0 Å². The fraction of sp³-hybridized carbons (Fsp3) is 0.600. The summed E-state index contributed by atoms with van der Waals surface area (Å²) in [6, 6.07) is 1.83. The van der Waals surface area contributed by atoms with Crippen LogP contribution in [0.15, 0.2) is 12.3 Å². The minimum absolute atomic E-state index is 0.127. The largest absolute Gasteiger partial charge is 0.383 e. The van der Waals surface area contributed by atoms with E-state index in [1.54, 1.807) is 24.1 Å². The Bertz CT molecular complexity index is 320. The van der Waals surface area contributed by atoms with Crippen molar-refractivity contribution in [1.82, 2.24) is 15.1 Å². The first-order valence-corrected chi connectivity index (χ1v) is 4.96. The summed E-state index contributed by atoms with van der Waals surface area (Å²) >= 11 is 0. The molecule has 1 N–H and O–H groups in total. The van der Waals surface area contributed by atoms with Crippen molar-refractivity contribution in [2.45, 2.75) is 26.4 Å². The molecule has 0 aliphatic rings. The van der Waals surface area contributed by atoms with E-state index in [0.29, 0.717) is 18.8 Å². The number of amides is 1. The lowest BCUT2D eigenvalue weighted by atomic mass is 10.3. The summed E-state index contributed by atoms with van der Waals surface area (Å²) in [5.74, 6) is -0.138. The minimum atomic E-state index is -0.138. The second-order valence-corrected chi connectivity index (χ2v) is 3.59. The summed E-state index contributed by atoms with van der Waals surface area (Å²) in [6.45, 7) is 5.08. The number of hydrogen-bond acceptors (Lipinski definition) is 3. The molecule has 5 nitrogen and oxygen atoms in total. The van der Waals surface area contributed by atoms with Crippen LogP contribution in [-0.2, 0) is 11.3 Å². The van der Waals surface area contributed by atoms with E-state index in [1.807, 2.05) is 13.8 Å². The Morgan fingerprint density at radius 2 is 2.40 bits per heavy atom. The molecule has 5 heteroatoms. The van der Waals surface area contributed by atoms with Crippen molar-refractivity contribution >= 4 is 5.91 Å². The fourth-order valence-corrected chi connectivity index (χ4v) is 1.13. The van der Waals surface area contributed by atoms with Gasteiger partial charge >= 0.3 is 0 Å². The maximum atomic E-state index is 11.5. The zero-order valence-corrected chi connectivity index (χ0v) is 9.36. The van der Waals surface area contributed by atoms with Gasteiger partial charge in [0, 0.05) is 19.3 Å². The normalized spacial score (nSPS) is 10.7. The summed E-state index contributed by atoms with van der Waals surface area (Å²) in [7, 11) is 1.63. The standard InChI is InChI=1S/C10H17N3O2/c1-8(2)11-10(14)9-4-5-13(12-9)6-7-15-3/h4-5,8H,6-7H2,1-3H3,(H,11,14). The Labute approximate surface area is 89.4 Å². The van der Waals surface area contributed by atoms with Crippen LogP contribution >= 0.6 is 0 Å². The number of hydrogen-bond donors (Lipinski definition) is 1. The Kier molecular flexibility index (Phi) is 4.30. The molecule has 0 aliphatic carbocycles. The molecule has 1 amide bonds. The first kappa shape index (κ1) is 11.7. The maximum Gasteiger partial charge on any atom is 0.271 e. The van der Waals surface area contributed by atoms with Gasteiger partial charge in [-0.3, -0.25) is 9.48 Å². The molecule has 0 atom stereocenters. The van der Waals surface area contributed by atoms with E-state index < -0.39 is 0 Å². The highest BCUT2D eigenvalue weighted by molar-refractivity contribution is 5.92. The number of methoxy groups -OCH3 is 1. The van der Waals surface area contributed by atoms with Crippen molar-refractivity contribution < 1.29 is 9.53 Å². The predicted octanol–water partition coefficient (Wildman–Crippen LogP) is 0.668. The molecule has 0 saturated carbocycles. The first-order valence-electron chi connectivity index (χ1n) is 4.96. The van der Waals surface area contributed by atoms with Gasteiger partial charge in [-0.15, -0.1) is 0 Å². The molecule has 1 aromatic rings. The molecule has 1 rings (SSSR count). The lowest BCUT2D eigenvalue weighted by molar-refractivity contribution is 0.0936. The highest BCUT2D eigenvalue weighted by Gasteiger charge is 2.09. The first-order chi connectivity index (χ1) is 7.13. The Hall–Kier alpha value is -1.36. The molecule has 0 aromatic carbocycles. The molecule has 0 spiro atoms. The van der Waals surface area contributed by atoms with Gasteiger partial charge in [-0.1, -0.05) is 0 Å². The molecule has 1 aromatic heterocycles. The second-order valence-electron chi connectivity index (χ2n) is 3.59. The SMILES string of the molecule is COCCn1ccc(C(=O)NC(C)C)n1. The quantitative estimate of drug-likeness (QED) is 0.778. The summed E-state index contributed by atoms with van der Waals surface area (Å²) < 4.78 is 6.61. The fourth-order valence-electron chi connectivity index (χ4n) is 1.13. The molecule has 0 unspecified atom stereocenters. The number of aromatic nitrogens is 2. The van der Waals surface area contributed by atoms with Crippen LogP contribution in [0.5, 0.6) is 0 Å². The van der Waals surface area contributed by atoms with E-state index >= 15 is 0 Å². The molecule has 15 heavy (non-hydrogen) atoms. The number of ether oxygens (including phenoxy) is 1. The predicted molar refractivity (Wildman–Crippen MR) is 56.7 cm³/mol. The summed E-state index contributed by atoms with van der Waals surface area (Å²) in [5.41, 5.74) is 0.444. The Morgan fingerprint density at radius 1 is 1.67 bits per heavy atom. The molecule has 0 radical (unpaired) electrons. The average molecular weight is 211 g/mol. The topological polar surface area (TPSA) is 56.1 Å². The van der Waals surface area contributed by atoms with Gasteiger partial charge in [0.25, 0.3) is 5.91 Å². The van der Waals surface area contributed by atoms with Gasteiger partial charge in [0.05, 0.1) is 13.2 Å². The van der Waals surface area contributed by atoms with Crippen LogP contribution in [-0.4, -0.2) is 35.4 Å². The Morgan fingerprint density at radius 3 is 3.00 bits per heavy atom. The van der Waals surface area contributed by atoms with Crippen LogP contribution < -0.4 is 5.32 Å². The third-order valence-electron chi connectivity index (χ3n) is 1.82. The van der Waals surface area contributed by atoms with Crippen molar-refractivity contribution in [3.63, 3.8) is 0 Å². The zero-order chi connectivity index (χ0) is 11.3. The van der Waals surface area contributed by atoms with E-state index in [2.05, 4.69) is 10.4 Å². The van der Waals surface area contributed by atoms with Crippen LogP contribution in [0.1, 0.15) is 24.3 Å². The number of carbonyl (C=O) groups is 1. The highest BCUT2D eigenvalue weighted by atomic mass is 16.5. The zero-order valence-electron chi connectivity index (χ0n) is 9.36. The van der Waals surface area contributed by atoms with Crippen molar-refractivity contribution in [1.29, 1.82) is 0 Å². The van der Waals surface area contributed by atoms with Gasteiger partial charge in [-0.05, 0) is 19.9 Å². The molecular formula is C10H17N3O2. The van der Waals surface area contributed by atoms with E-state index in [1.165, 1.54) is 0 Å². The van der Waals surface area contributed by atoms with Gasteiger partial charge in [0.2, 0.25) is 0 Å². The smallest absolute Gasteiger partial charge is 0.271 e. The van der Waals surface area contributed by atoms with Crippen molar-refractivity contribution in [2.75, 3.05) is 13.7 Å². The average Bonchev–Trinajstić information content (AvgIpc) is 2.62.